The van der Waals surface area contributed by atoms with Crippen molar-refractivity contribution in [3.8, 4) is 5.75 Å². The first kappa shape index (κ1) is 9.89. The SMILES string of the molecule is COc1cc(C)cc2c1ncc1c(=O)[nH][nH]c12. The minimum absolute atomic E-state index is 0.158. The van der Waals surface area contributed by atoms with Gasteiger partial charge in [-0.05, 0) is 24.6 Å². The van der Waals surface area contributed by atoms with Crippen molar-refractivity contribution in [2.24, 2.45) is 0 Å². The van der Waals surface area contributed by atoms with E-state index in [1.54, 1.807) is 13.3 Å². The van der Waals surface area contributed by atoms with Gasteiger partial charge in [0.2, 0.25) is 0 Å². The van der Waals surface area contributed by atoms with E-state index in [-0.39, 0.29) is 5.56 Å². The molecule has 0 atom stereocenters. The van der Waals surface area contributed by atoms with Crippen molar-refractivity contribution in [3.05, 3.63) is 34.2 Å². The summed E-state index contributed by atoms with van der Waals surface area (Å²) in [6, 6.07) is 3.91. The average Bonchev–Trinajstić information content (AvgIpc) is 2.70. The number of H-pyrrole nitrogens is 2. The lowest BCUT2D eigenvalue weighted by Gasteiger charge is -2.06. The van der Waals surface area contributed by atoms with E-state index in [2.05, 4.69) is 15.2 Å². The molecule has 2 aromatic heterocycles. The third-order valence-electron chi connectivity index (χ3n) is 2.85. The number of aryl methyl sites for hydroxylation is 1. The molecule has 1 aromatic carbocycles. The number of hydrogen-bond donors (Lipinski definition) is 2. The van der Waals surface area contributed by atoms with Crippen LogP contribution in [0.3, 0.4) is 0 Å². The van der Waals surface area contributed by atoms with Crippen LogP contribution < -0.4 is 10.3 Å². The molecule has 3 aromatic rings. The maximum absolute atomic E-state index is 11.5. The lowest BCUT2D eigenvalue weighted by atomic mass is 10.1. The average molecular weight is 229 g/mol. The highest BCUT2D eigenvalue weighted by Gasteiger charge is 2.10. The number of methoxy groups -OCH3 is 1. The summed E-state index contributed by atoms with van der Waals surface area (Å²) in [5.74, 6) is 0.712. The summed E-state index contributed by atoms with van der Waals surface area (Å²) in [7, 11) is 1.61. The van der Waals surface area contributed by atoms with Crippen molar-refractivity contribution in [1.82, 2.24) is 15.2 Å². The Morgan fingerprint density at radius 1 is 1.24 bits per heavy atom. The van der Waals surface area contributed by atoms with Crippen molar-refractivity contribution in [2.45, 2.75) is 6.92 Å². The first-order valence-electron chi connectivity index (χ1n) is 5.24. The molecule has 2 N–H and O–H groups in total. The minimum atomic E-state index is -0.158. The highest BCUT2D eigenvalue weighted by atomic mass is 16.5. The molecule has 0 aliphatic heterocycles. The molecule has 0 amide bonds. The summed E-state index contributed by atoms with van der Waals surface area (Å²) in [4.78, 5) is 15.8. The number of pyridine rings is 1. The number of rotatable bonds is 1. The summed E-state index contributed by atoms with van der Waals surface area (Å²) in [6.45, 7) is 1.98. The summed E-state index contributed by atoms with van der Waals surface area (Å²) < 4.78 is 5.30. The third-order valence-corrected chi connectivity index (χ3v) is 2.85. The zero-order valence-corrected chi connectivity index (χ0v) is 9.50. The largest absolute Gasteiger partial charge is 0.494 e. The van der Waals surface area contributed by atoms with Gasteiger partial charge < -0.3 is 4.74 Å². The quantitative estimate of drug-likeness (QED) is 0.667. The van der Waals surface area contributed by atoms with Crippen LogP contribution in [0.4, 0.5) is 0 Å². The predicted molar refractivity (Wildman–Crippen MR) is 65.5 cm³/mol. The van der Waals surface area contributed by atoms with Crippen LogP contribution in [0.1, 0.15) is 5.56 Å². The van der Waals surface area contributed by atoms with Crippen molar-refractivity contribution in [1.29, 1.82) is 0 Å². The third kappa shape index (κ3) is 1.32. The van der Waals surface area contributed by atoms with Crippen molar-refractivity contribution >= 4 is 21.8 Å². The standard InChI is InChI=1S/C12H11N3O2/c1-6-3-7-10-8(12(16)15-14-10)5-13-11(7)9(4-6)17-2/h3-5H,1-2H3,(H2,14,15,16). The smallest absolute Gasteiger partial charge is 0.273 e. The molecule has 0 aliphatic rings. The van der Waals surface area contributed by atoms with E-state index in [1.165, 1.54) is 0 Å². The Balaban J connectivity index is 2.58. The number of nitrogens with zero attached hydrogens (tertiary/aromatic N) is 1. The number of aromatic nitrogens is 3. The van der Waals surface area contributed by atoms with E-state index in [9.17, 15) is 4.79 Å². The van der Waals surface area contributed by atoms with E-state index in [4.69, 9.17) is 4.74 Å². The van der Waals surface area contributed by atoms with Crippen LogP contribution in [0.15, 0.2) is 23.1 Å². The maximum atomic E-state index is 11.5. The van der Waals surface area contributed by atoms with Gasteiger partial charge in [-0.1, -0.05) is 0 Å². The van der Waals surface area contributed by atoms with Gasteiger partial charge in [-0.2, -0.15) is 0 Å². The van der Waals surface area contributed by atoms with Crippen LogP contribution in [0, 0.1) is 6.92 Å². The molecule has 3 rings (SSSR count). The first-order chi connectivity index (χ1) is 8.20. The molecule has 17 heavy (non-hydrogen) atoms. The molecule has 5 nitrogen and oxygen atoms in total. The lowest BCUT2D eigenvalue weighted by molar-refractivity contribution is 0.418. The summed E-state index contributed by atoms with van der Waals surface area (Å²) in [6.07, 6.45) is 1.56. The second-order valence-corrected chi connectivity index (χ2v) is 3.99. The van der Waals surface area contributed by atoms with Crippen molar-refractivity contribution in [2.75, 3.05) is 7.11 Å². The number of hydrogen-bond acceptors (Lipinski definition) is 3. The van der Waals surface area contributed by atoms with Gasteiger partial charge in [-0.15, -0.1) is 0 Å². The molecule has 0 aliphatic carbocycles. The first-order valence-corrected chi connectivity index (χ1v) is 5.24. The molecule has 0 spiro atoms. The molecule has 0 fully saturated rings. The Hall–Kier alpha value is -2.30. The molecule has 0 radical (unpaired) electrons. The van der Waals surface area contributed by atoms with Crippen molar-refractivity contribution < 1.29 is 4.74 Å². The highest BCUT2D eigenvalue weighted by molar-refractivity contribution is 6.04. The normalized spacial score (nSPS) is 11.2. The monoisotopic (exact) mass is 229 g/mol. The van der Waals surface area contributed by atoms with Gasteiger partial charge in [0.15, 0.2) is 0 Å². The number of ether oxygens (including phenoxy) is 1. The van der Waals surface area contributed by atoms with Crippen LogP contribution in [-0.4, -0.2) is 22.3 Å². The van der Waals surface area contributed by atoms with Gasteiger partial charge in [0.1, 0.15) is 11.3 Å². The minimum Gasteiger partial charge on any atom is -0.494 e. The zero-order chi connectivity index (χ0) is 12.0. The Bertz CT molecular complexity index is 770. The Kier molecular flexibility index (Phi) is 1.95. The summed E-state index contributed by atoms with van der Waals surface area (Å²) in [5.41, 5.74) is 2.42. The van der Waals surface area contributed by atoms with Crippen LogP contribution in [0.2, 0.25) is 0 Å². The number of nitrogens with one attached hydrogen (secondary N) is 2. The zero-order valence-electron chi connectivity index (χ0n) is 9.50. The second kappa shape index (κ2) is 3.35. The van der Waals surface area contributed by atoms with E-state index in [0.29, 0.717) is 11.1 Å². The Morgan fingerprint density at radius 3 is 2.82 bits per heavy atom. The fourth-order valence-corrected chi connectivity index (χ4v) is 2.06. The molecular weight excluding hydrogens is 218 g/mol. The summed E-state index contributed by atoms with van der Waals surface area (Å²) in [5, 5.41) is 6.89. The van der Waals surface area contributed by atoms with E-state index < -0.39 is 0 Å². The number of fused-ring (bicyclic) bond motifs is 3. The van der Waals surface area contributed by atoms with Gasteiger partial charge in [0.05, 0.1) is 18.0 Å². The van der Waals surface area contributed by atoms with E-state index in [0.717, 1.165) is 22.0 Å². The van der Waals surface area contributed by atoms with Gasteiger partial charge in [0.25, 0.3) is 5.56 Å². The van der Waals surface area contributed by atoms with Crippen LogP contribution in [0.25, 0.3) is 21.8 Å². The van der Waals surface area contributed by atoms with E-state index >= 15 is 0 Å². The fourth-order valence-electron chi connectivity index (χ4n) is 2.06. The molecule has 5 heteroatoms. The Labute approximate surface area is 96.4 Å². The van der Waals surface area contributed by atoms with Crippen LogP contribution in [-0.2, 0) is 0 Å². The van der Waals surface area contributed by atoms with Crippen molar-refractivity contribution in [3.63, 3.8) is 0 Å². The topological polar surface area (TPSA) is 70.8 Å². The number of aromatic amines is 2. The molecule has 0 bridgehead atoms. The second-order valence-electron chi connectivity index (χ2n) is 3.99. The molecule has 0 unspecified atom stereocenters. The fraction of sp³-hybridized carbons (Fsp3) is 0.167. The molecule has 0 saturated heterocycles. The van der Waals surface area contributed by atoms with Gasteiger partial charge in [-0.3, -0.25) is 20.0 Å². The maximum Gasteiger partial charge on any atom is 0.273 e. The van der Waals surface area contributed by atoms with Gasteiger partial charge in [-0.25, -0.2) is 0 Å². The van der Waals surface area contributed by atoms with Gasteiger partial charge >= 0.3 is 0 Å². The molecule has 86 valence electrons. The van der Waals surface area contributed by atoms with Crippen LogP contribution in [0.5, 0.6) is 5.75 Å². The number of benzene rings is 1. The Morgan fingerprint density at radius 2 is 2.06 bits per heavy atom. The molecule has 0 saturated carbocycles. The predicted octanol–water partition coefficient (Wildman–Crippen LogP) is 1.72. The highest BCUT2D eigenvalue weighted by Crippen LogP contribution is 2.28. The van der Waals surface area contributed by atoms with E-state index in [1.807, 2.05) is 19.1 Å². The lowest BCUT2D eigenvalue weighted by Crippen LogP contribution is -1.98. The molecule has 2 heterocycles. The van der Waals surface area contributed by atoms with Crippen LogP contribution >= 0.6 is 0 Å². The van der Waals surface area contributed by atoms with Gasteiger partial charge in [0, 0.05) is 11.6 Å². The molecular formula is C12H11N3O2. The summed E-state index contributed by atoms with van der Waals surface area (Å²) >= 11 is 0.